The standard InChI is InChI=1S/C9H12ClN3/c10-8-6-11-7-9(12-8)13-4-2-1-3-5-13/h6-7H,1-5H2. The van der Waals surface area contributed by atoms with Gasteiger partial charge in [-0.3, -0.25) is 4.98 Å². The highest BCUT2D eigenvalue weighted by atomic mass is 35.5. The number of hydrogen-bond donors (Lipinski definition) is 0. The summed E-state index contributed by atoms with van der Waals surface area (Å²) in [5.74, 6) is 0.909. The van der Waals surface area contributed by atoms with E-state index in [2.05, 4.69) is 14.9 Å². The molecule has 2 heterocycles. The molecule has 70 valence electrons. The third kappa shape index (κ3) is 2.10. The van der Waals surface area contributed by atoms with Crippen LogP contribution in [0.15, 0.2) is 12.4 Å². The maximum absolute atomic E-state index is 5.76. The average molecular weight is 198 g/mol. The lowest BCUT2D eigenvalue weighted by molar-refractivity contribution is 0.573. The molecule has 0 spiro atoms. The van der Waals surface area contributed by atoms with Gasteiger partial charge in [0.25, 0.3) is 0 Å². The molecule has 0 saturated carbocycles. The highest BCUT2D eigenvalue weighted by molar-refractivity contribution is 6.29. The van der Waals surface area contributed by atoms with Gasteiger partial charge in [-0.25, -0.2) is 4.98 Å². The second-order valence-corrected chi connectivity index (χ2v) is 3.63. The van der Waals surface area contributed by atoms with Crippen molar-refractivity contribution in [2.75, 3.05) is 18.0 Å². The van der Waals surface area contributed by atoms with E-state index in [0.717, 1.165) is 18.9 Å². The van der Waals surface area contributed by atoms with Gasteiger partial charge in [-0.1, -0.05) is 11.6 Å². The second-order valence-electron chi connectivity index (χ2n) is 3.25. The first-order valence-electron chi connectivity index (χ1n) is 4.59. The molecule has 1 aromatic rings. The van der Waals surface area contributed by atoms with E-state index < -0.39 is 0 Å². The van der Waals surface area contributed by atoms with E-state index >= 15 is 0 Å². The molecule has 0 aromatic carbocycles. The zero-order valence-corrected chi connectivity index (χ0v) is 8.17. The Labute approximate surface area is 82.8 Å². The third-order valence-electron chi connectivity index (χ3n) is 2.27. The zero-order chi connectivity index (χ0) is 9.10. The first-order chi connectivity index (χ1) is 6.36. The van der Waals surface area contributed by atoms with Crippen LogP contribution in [0.1, 0.15) is 19.3 Å². The molecule has 13 heavy (non-hydrogen) atoms. The van der Waals surface area contributed by atoms with Crippen LogP contribution in [0.4, 0.5) is 5.82 Å². The van der Waals surface area contributed by atoms with Gasteiger partial charge in [-0.2, -0.15) is 0 Å². The summed E-state index contributed by atoms with van der Waals surface area (Å²) < 4.78 is 0. The van der Waals surface area contributed by atoms with Crippen LogP contribution >= 0.6 is 11.6 Å². The lowest BCUT2D eigenvalue weighted by Gasteiger charge is -2.27. The summed E-state index contributed by atoms with van der Waals surface area (Å²) in [6.45, 7) is 2.16. The molecule has 0 radical (unpaired) electrons. The average Bonchev–Trinajstić information content (AvgIpc) is 2.19. The van der Waals surface area contributed by atoms with Crippen LogP contribution in [0.25, 0.3) is 0 Å². The van der Waals surface area contributed by atoms with Crippen LogP contribution in [0, 0.1) is 0 Å². The molecule has 0 atom stereocenters. The lowest BCUT2D eigenvalue weighted by Crippen LogP contribution is -2.30. The van der Waals surface area contributed by atoms with E-state index in [4.69, 9.17) is 11.6 Å². The molecule has 3 nitrogen and oxygen atoms in total. The third-order valence-corrected chi connectivity index (χ3v) is 2.45. The summed E-state index contributed by atoms with van der Waals surface area (Å²) in [5, 5.41) is 0.475. The van der Waals surface area contributed by atoms with Crippen LogP contribution in [-0.4, -0.2) is 23.1 Å². The molecule has 2 rings (SSSR count). The van der Waals surface area contributed by atoms with E-state index in [-0.39, 0.29) is 0 Å². The Morgan fingerprint density at radius 1 is 1.15 bits per heavy atom. The minimum absolute atomic E-state index is 0.475. The van der Waals surface area contributed by atoms with E-state index in [9.17, 15) is 0 Å². The smallest absolute Gasteiger partial charge is 0.149 e. The fourth-order valence-electron chi connectivity index (χ4n) is 1.61. The Hall–Kier alpha value is -0.830. The van der Waals surface area contributed by atoms with Gasteiger partial charge in [0.05, 0.1) is 12.4 Å². The van der Waals surface area contributed by atoms with Crippen molar-refractivity contribution >= 4 is 17.4 Å². The Balaban J connectivity index is 2.14. The molecule has 1 aliphatic heterocycles. The number of piperidine rings is 1. The topological polar surface area (TPSA) is 29.0 Å². The largest absolute Gasteiger partial charge is 0.355 e. The summed E-state index contributed by atoms with van der Waals surface area (Å²) in [6, 6.07) is 0. The maximum atomic E-state index is 5.76. The van der Waals surface area contributed by atoms with E-state index in [1.54, 1.807) is 12.4 Å². The molecule has 0 bridgehead atoms. The van der Waals surface area contributed by atoms with Crippen molar-refractivity contribution in [3.8, 4) is 0 Å². The predicted molar refractivity (Wildman–Crippen MR) is 53.1 cm³/mol. The summed E-state index contributed by atoms with van der Waals surface area (Å²) in [6.07, 6.45) is 7.15. The second kappa shape index (κ2) is 3.92. The van der Waals surface area contributed by atoms with Gasteiger partial charge >= 0.3 is 0 Å². The molecule has 0 aliphatic carbocycles. The van der Waals surface area contributed by atoms with Gasteiger partial charge in [0, 0.05) is 13.1 Å². The summed E-state index contributed by atoms with van der Waals surface area (Å²) in [5.41, 5.74) is 0. The Morgan fingerprint density at radius 3 is 2.62 bits per heavy atom. The van der Waals surface area contributed by atoms with E-state index in [1.165, 1.54) is 19.3 Å². The SMILES string of the molecule is Clc1cncc(N2CCCCC2)n1. The number of anilines is 1. The lowest BCUT2D eigenvalue weighted by atomic mass is 10.1. The minimum Gasteiger partial charge on any atom is -0.355 e. The molecule has 1 aromatic heterocycles. The zero-order valence-electron chi connectivity index (χ0n) is 7.41. The molecule has 0 N–H and O–H groups in total. The monoisotopic (exact) mass is 197 g/mol. The summed E-state index contributed by atoms with van der Waals surface area (Å²) in [4.78, 5) is 10.5. The fraction of sp³-hybridized carbons (Fsp3) is 0.556. The van der Waals surface area contributed by atoms with Crippen molar-refractivity contribution in [1.29, 1.82) is 0 Å². The fourth-order valence-corrected chi connectivity index (χ4v) is 1.75. The number of nitrogens with zero attached hydrogens (tertiary/aromatic N) is 3. The molecule has 0 unspecified atom stereocenters. The molecule has 1 saturated heterocycles. The van der Waals surface area contributed by atoms with E-state index in [1.807, 2.05) is 0 Å². The van der Waals surface area contributed by atoms with Crippen molar-refractivity contribution in [3.63, 3.8) is 0 Å². The molecule has 4 heteroatoms. The number of rotatable bonds is 1. The Morgan fingerprint density at radius 2 is 1.92 bits per heavy atom. The molecular formula is C9H12ClN3. The molecule has 1 aliphatic rings. The van der Waals surface area contributed by atoms with Gasteiger partial charge in [-0.05, 0) is 19.3 Å². The van der Waals surface area contributed by atoms with Crippen molar-refractivity contribution < 1.29 is 0 Å². The first kappa shape index (κ1) is 8.75. The number of aromatic nitrogens is 2. The minimum atomic E-state index is 0.475. The van der Waals surface area contributed by atoms with Gasteiger partial charge in [-0.15, -0.1) is 0 Å². The summed E-state index contributed by atoms with van der Waals surface area (Å²) in [7, 11) is 0. The van der Waals surface area contributed by atoms with Crippen molar-refractivity contribution in [1.82, 2.24) is 9.97 Å². The van der Waals surface area contributed by atoms with Crippen LogP contribution in [-0.2, 0) is 0 Å². The van der Waals surface area contributed by atoms with E-state index in [0.29, 0.717) is 5.15 Å². The van der Waals surface area contributed by atoms with Gasteiger partial charge in [0.2, 0.25) is 0 Å². The van der Waals surface area contributed by atoms with Crippen LogP contribution in [0.3, 0.4) is 0 Å². The van der Waals surface area contributed by atoms with Gasteiger partial charge in [0.1, 0.15) is 11.0 Å². The maximum Gasteiger partial charge on any atom is 0.149 e. The molecule has 1 fully saturated rings. The first-order valence-corrected chi connectivity index (χ1v) is 4.96. The quantitative estimate of drug-likeness (QED) is 0.691. The molecule has 0 amide bonds. The Kier molecular flexibility index (Phi) is 2.64. The molecular weight excluding hydrogens is 186 g/mol. The van der Waals surface area contributed by atoms with Crippen molar-refractivity contribution in [2.45, 2.75) is 19.3 Å². The van der Waals surface area contributed by atoms with Crippen LogP contribution < -0.4 is 4.90 Å². The van der Waals surface area contributed by atoms with Gasteiger partial charge < -0.3 is 4.90 Å². The summed E-state index contributed by atoms with van der Waals surface area (Å²) >= 11 is 5.76. The normalized spacial score (nSPS) is 17.5. The highest BCUT2D eigenvalue weighted by Gasteiger charge is 2.11. The Bertz CT molecular complexity index is 284. The highest BCUT2D eigenvalue weighted by Crippen LogP contribution is 2.17. The van der Waals surface area contributed by atoms with Crippen LogP contribution in [0.5, 0.6) is 0 Å². The van der Waals surface area contributed by atoms with Crippen molar-refractivity contribution in [2.24, 2.45) is 0 Å². The van der Waals surface area contributed by atoms with Crippen molar-refractivity contribution in [3.05, 3.63) is 17.5 Å². The number of hydrogen-bond acceptors (Lipinski definition) is 3. The van der Waals surface area contributed by atoms with Crippen LogP contribution in [0.2, 0.25) is 5.15 Å². The predicted octanol–water partition coefficient (Wildman–Crippen LogP) is 2.12. The number of halogens is 1. The van der Waals surface area contributed by atoms with Gasteiger partial charge in [0.15, 0.2) is 0 Å².